The molecule has 1 fully saturated rings. The Hall–Kier alpha value is -5.02. The molecule has 1 aliphatic heterocycles. The lowest BCUT2D eigenvalue weighted by Crippen LogP contribution is -2.33. The van der Waals surface area contributed by atoms with Gasteiger partial charge in [0.2, 0.25) is 5.91 Å². The van der Waals surface area contributed by atoms with Crippen LogP contribution in [-0.4, -0.2) is 45.1 Å². The van der Waals surface area contributed by atoms with Crippen LogP contribution in [0.2, 0.25) is 0 Å². The fourth-order valence-corrected chi connectivity index (χ4v) is 5.84. The normalized spacial score (nSPS) is 16.3. The van der Waals surface area contributed by atoms with Crippen LogP contribution < -0.4 is 10.6 Å². The van der Waals surface area contributed by atoms with Gasteiger partial charge in [-0.3, -0.25) is 9.78 Å². The second-order valence-electron chi connectivity index (χ2n) is 9.99. The van der Waals surface area contributed by atoms with E-state index in [4.69, 9.17) is 17.0 Å². The molecule has 2 N–H and O–H groups in total. The zero-order valence-electron chi connectivity index (χ0n) is 22.9. The van der Waals surface area contributed by atoms with Crippen LogP contribution >= 0.6 is 12.2 Å². The van der Waals surface area contributed by atoms with Gasteiger partial charge in [-0.05, 0) is 66.1 Å². The second-order valence-corrected chi connectivity index (χ2v) is 10.4. The summed E-state index contributed by atoms with van der Waals surface area (Å²) in [6.07, 6.45) is 3.94. The van der Waals surface area contributed by atoms with Gasteiger partial charge < -0.3 is 24.8 Å². The summed E-state index contributed by atoms with van der Waals surface area (Å²) in [7, 11) is 1.37. The van der Waals surface area contributed by atoms with E-state index in [2.05, 4.69) is 15.6 Å². The SMILES string of the molecule is COC(=O)c1cccc(-n2cccc2C2C(c3ccccn3)NC(=S)N2CCC(=O)Nc2cccc3ccccc23)c1. The number of thiocarbonyl (C=S) groups is 1. The summed E-state index contributed by atoms with van der Waals surface area (Å²) < 4.78 is 6.97. The lowest BCUT2D eigenvalue weighted by atomic mass is 10.0. The maximum atomic E-state index is 13.2. The van der Waals surface area contributed by atoms with Crippen molar-refractivity contribution in [3.63, 3.8) is 0 Å². The van der Waals surface area contributed by atoms with Crippen molar-refractivity contribution in [2.45, 2.75) is 18.5 Å². The van der Waals surface area contributed by atoms with E-state index in [-0.39, 0.29) is 24.4 Å². The number of hydrogen-bond acceptors (Lipinski definition) is 5. The maximum absolute atomic E-state index is 13.2. The van der Waals surface area contributed by atoms with E-state index in [0.717, 1.165) is 33.5 Å². The minimum absolute atomic E-state index is 0.102. The molecule has 0 saturated carbocycles. The average Bonchev–Trinajstić information content (AvgIpc) is 3.64. The van der Waals surface area contributed by atoms with Crippen molar-refractivity contribution in [2.75, 3.05) is 19.0 Å². The number of aromatic nitrogens is 2. The van der Waals surface area contributed by atoms with E-state index < -0.39 is 5.97 Å². The molecular formula is C33H29N5O3S. The molecule has 3 aromatic carbocycles. The Kier molecular flexibility index (Phi) is 7.66. The molecule has 0 bridgehead atoms. The topological polar surface area (TPSA) is 88.5 Å². The lowest BCUT2D eigenvalue weighted by molar-refractivity contribution is -0.116. The third-order valence-corrected chi connectivity index (χ3v) is 7.82. The number of nitrogens with one attached hydrogen (secondary N) is 2. The molecule has 5 aromatic rings. The highest BCUT2D eigenvalue weighted by molar-refractivity contribution is 7.80. The van der Waals surface area contributed by atoms with Crippen LogP contribution in [-0.2, 0) is 9.53 Å². The smallest absolute Gasteiger partial charge is 0.337 e. The number of fused-ring (bicyclic) bond motifs is 1. The average molecular weight is 576 g/mol. The van der Waals surface area contributed by atoms with Gasteiger partial charge in [-0.1, -0.05) is 48.5 Å². The molecule has 1 amide bonds. The first-order valence-corrected chi connectivity index (χ1v) is 14.1. The van der Waals surface area contributed by atoms with Gasteiger partial charge in [0.05, 0.1) is 30.5 Å². The summed E-state index contributed by atoms with van der Waals surface area (Å²) in [5.41, 5.74) is 3.82. The summed E-state index contributed by atoms with van der Waals surface area (Å²) in [4.78, 5) is 32.1. The van der Waals surface area contributed by atoms with Crippen molar-refractivity contribution < 1.29 is 14.3 Å². The van der Waals surface area contributed by atoms with E-state index in [1.807, 2.05) is 101 Å². The zero-order chi connectivity index (χ0) is 29.1. The molecule has 1 saturated heterocycles. The third kappa shape index (κ3) is 5.34. The van der Waals surface area contributed by atoms with Gasteiger partial charge in [0.25, 0.3) is 0 Å². The number of benzene rings is 3. The van der Waals surface area contributed by atoms with Crippen LogP contribution in [0.3, 0.4) is 0 Å². The van der Waals surface area contributed by atoms with Crippen LogP contribution in [0.25, 0.3) is 16.5 Å². The van der Waals surface area contributed by atoms with E-state index in [1.54, 1.807) is 18.3 Å². The number of methoxy groups -OCH3 is 1. The Morgan fingerprint density at radius 2 is 1.79 bits per heavy atom. The highest BCUT2D eigenvalue weighted by atomic mass is 32.1. The number of esters is 1. The largest absolute Gasteiger partial charge is 0.465 e. The van der Waals surface area contributed by atoms with Gasteiger partial charge in [0.1, 0.15) is 0 Å². The van der Waals surface area contributed by atoms with Crippen molar-refractivity contribution in [3.05, 3.63) is 126 Å². The zero-order valence-corrected chi connectivity index (χ0v) is 23.8. The molecule has 0 aliphatic carbocycles. The van der Waals surface area contributed by atoms with Crippen LogP contribution in [0.4, 0.5) is 5.69 Å². The number of nitrogens with zero attached hydrogens (tertiary/aromatic N) is 3. The molecule has 8 nitrogen and oxygen atoms in total. The van der Waals surface area contributed by atoms with Gasteiger partial charge in [0, 0.05) is 47.8 Å². The molecule has 6 rings (SSSR count). The standard InChI is InChI=1S/C33H29N5O3S/c1-41-32(40)23-11-6-12-24(21-23)37-19-8-16-28(37)31-30(27-14-4-5-18-34-27)36-33(42)38(31)20-17-29(39)35-26-15-7-10-22-9-2-3-13-25(22)26/h2-16,18-19,21,30-31H,17,20H2,1H3,(H,35,39)(H,36,42). The van der Waals surface area contributed by atoms with Gasteiger partial charge in [-0.2, -0.15) is 0 Å². The highest BCUT2D eigenvalue weighted by Gasteiger charge is 2.41. The monoisotopic (exact) mass is 575 g/mol. The molecule has 2 atom stereocenters. The summed E-state index contributed by atoms with van der Waals surface area (Å²) in [5.74, 6) is -0.505. The first-order valence-electron chi connectivity index (χ1n) is 13.6. The predicted molar refractivity (Wildman–Crippen MR) is 166 cm³/mol. The molecule has 3 heterocycles. The van der Waals surface area contributed by atoms with Gasteiger partial charge >= 0.3 is 5.97 Å². The minimum atomic E-state index is -0.403. The van der Waals surface area contributed by atoms with Crippen LogP contribution in [0, 0.1) is 0 Å². The van der Waals surface area contributed by atoms with E-state index in [9.17, 15) is 9.59 Å². The summed E-state index contributed by atoms with van der Waals surface area (Å²) >= 11 is 5.83. The van der Waals surface area contributed by atoms with Gasteiger partial charge in [-0.25, -0.2) is 4.79 Å². The van der Waals surface area contributed by atoms with Crippen molar-refractivity contribution in [1.29, 1.82) is 0 Å². The maximum Gasteiger partial charge on any atom is 0.337 e. The van der Waals surface area contributed by atoms with Crippen molar-refractivity contribution >= 4 is 45.7 Å². The van der Waals surface area contributed by atoms with Crippen LogP contribution in [0.15, 0.2) is 109 Å². The Morgan fingerprint density at radius 3 is 2.62 bits per heavy atom. The number of pyridine rings is 1. The lowest BCUT2D eigenvalue weighted by Gasteiger charge is -2.29. The number of rotatable bonds is 8. The van der Waals surface area contributed by atoms with E-state index in [0.29, 0.717) is 17.2 Å². The predicted octanol–water partition coefficient (Wildman–Crippen LogP) is 5.81. The Labute approximate surface area is 248 Å². The van der Waals surface area contributed by atoms with E-state index in [1.165, 1.54) is 7.11 Å². The highest BCUT2D eigenvalue weighted by Crippen LogP contribution is 2.39. The fraction of sp³-hybridized carbons (Fsp3) is 0.152. The molecular weight excluding hydrogens is 546 g/mol. The number of carbonyl (C=O) groups is 2. The molecule has 9 heteroatoms. The summed E-state index contributed by atoms with van der Waals surface area (Å²) in [6, 6.07) is 30.4. The molecule has 210 valence electrons. The minimum Gasteiger partial charge on any atom is -0.465 e. The second kappa shape index (κ2) is 11.8. The molecule has 0 spiro atoms. The fourth-order valence-electron chi connectivity index (χ4n) is 5.51. The molecule has 42 heavy (non-hydrogen) atoms. The number of anilines is 1. The molecule has 1 aliphatic rings. The third-order valence-electron chi connectivity index (χ3n) is 7.47. The first kappa shape index (κ1) is 27.2. The van der Waals surface area contributed by atoms with Crippen LogP contribution in [0.1, 0.15) is 40.3 Å². The first-order chi connectivity index (χ1) is 20.5. The molecule has 2 unspecified atom stereocenters. The van der Waals surface area contributed by atoms with Crippen molar-refractivity contribution in [2.24, 2.45) is 0 Å². The van der Waals surface area contributed by atoms with Crippen molar-refractivity contribution in [1.82, 2.24) is 19.8 Å². The van der Waals surface area contributed by atoms with Crippen molar-refractivity contribution in [3.8, 4) is 5.69 Å². The summed E-state index contributed by atoms with van der Waals surface area (Å²) in [5, 5.41) is 9.14. The van der Waals surface area contributed by atoms with Gasteiger partial charge in [-0.15, -0.1) is 0 Å². The quantitative estimate of drug-likeness (QED) is 0.178. The summed E-state index contributed by atoms with van der Waals surface area (Å²) in [6.45, 7) is 0.393. The Morgan fingerprint density at radius 1 is 0.976 bits per heavy atom. The number of carbonyl (C=O) groups excluding carboxylic acids is 2. The number of hydrogen-bond donors (Lipinski definition) is 2. The Bertz CT molecular complexity index is 1760. The number of ether oxygens (including phenoxy) is 1. The molecule has 2 aromatic heterocycles. The molecule has 0 radical (unpaired) electrons. The Balaban J connectivity index is 1.30. The van der Waals surface area contributed by atoms with Gasteiger partial charge in [0.15, 0.2) is 5.11 Å². The van der Waals surface area contributed by atoms with E-state index >= 15 is 0 Å². The van der Waals surface area contributed by atoms with Crippen LogP contribution in [0.5, 0.6) is 0 Å². The number of amides is 1.